The van der Waals surface area contributed by atoms with E-state index in [2.05, 4.69) is 0 Å². The molecule has 1 saturated heterocycles. The van der Waals surface area contributed by atoms with Crippen molar-refractivity contribution in [2.75, 3.05) is 58.9 Å². The van der Waals surface area contributed by atoms with Crippen LogP contribution in [0.3, 0.4) is 0 Å². The van der Waals surface area contributed by atoms with Gasteiger partial charge in [-0.05, 0) is 38.5 Å². The molecule has 0 aliphatic carbocycles. The van der Waals surface area contributed by atoms with Gasteiger partial charge < -0.3 is 15.3 Å². The Kier molecular flexibility index (Phi) is 12.6. The van der Waals surface area contributed by atoms with Crippen molar-refractivity contribution in [2.45, 2.75) is 97.6 Å². The van der Waals surface area contributed by atoms with Gasteiger partial charge in [-0.2, -0.15) is 0 Å². The molecule has 0 spiro atoms. The third-order valence-electron chi connectivity index (χ3n) is 8.69. The molecule has 0 aromatic carbocycles. The molecule has 1 aliphatic rings. The van der Waals surface area contributed by atoms with E-state index in [1.807, 2.05) is 14.7 Å². The lowest BCUT2D eigenvalue weighted by Crippen LogP contribution is -2.55. The van der Waals surface area contributed by atoms with E-state index in [4.69, 9.17) is 0 Å². The second-order valence-electron chi connectivity index (χ2n) is 12.1. The zero-order valence-corrected chi connectivity index (χ0v) is 24.1. The fourth-order valence-electron chi connectivity index (χ4n) is 5.04. The third kappa shape index (κ3) is 8.27. The molecule has 1 rings (SSSR count). The topological polar surface area (TPSA) is 70.4 Å². The van der Waals surface area contributed by atoms with Crippen molar-refractivity contribution in [2.24, 2.45) is 17.8 Å². The minimum Gasteiger partial charge on any atom is -0.385 e. The van der Waals surface area contributed by atoms with Gasteiger partial charge in [-0.3, -0.25) is 14.7 Å². The predicted octanol–water partition coefficient (Wildman–Crippen LogP) is 3.14. The number of β-amino-alcohol motifs (C(OH)–C–C–N with tert-alkyl or cyclic N) is 3. The van der Waals surface area contributed by atoms with Crippen LogP contribution in [0.2, 0.25) is 0 Å². The Morgan fingerprint density at radius 1 is 0.472 bits per heavy atom. The maximum absolute atomic E-state index is 14.5. The molecule has 0 aromatic rings. The van der Waals surface area contributed by atoms with Crippen molar-refractivity contribution >= 4 is 0 Å². The Hall–Kier alpha value is -0.450. The largest absolute Gasteiger partial charge is 0.385 e. The fraction of sp³-hybridized carbons (Fsp3) is 1.00. The molecule has 216 valence electrons. The maximum atomic E-state index is 14.5. The number of halogens is 3. The lowest BCUT2D eigenvalue weighted by atomic mass is 9.85. The molecule has 0 saturated carbocycles. The summed E-state index contributed by atoms with van der Waals surface area (Å²) in [6.07, 6.45) is -4.31. The van der Waals surface area contributed by atoms with Gasteiger partial charge in [0.15, 0.2) is 0 Å². The second kappa shape index (κ2) is 13.6. The molecular formula is C27H54F3N3O3. The van der Waals surface area contributed by atoms with Crippen molar-refractivity contribution < 1.29 is 28.5 Å². The van der Waals surface area contributed by atoms with E-state index in [9.17, 15) is 28.5 Å². The molecule has 1 heterocycles. The van der Waals surface area contributed by atoms with Gasteiger partial charge in [-0.25, -0.2) is 13.2 Å². The monoisotopic (exact) mass is 525 g/mol. The minimum atomic E-state index is -1.54. The molecule has 0 radical (unpaired) electrons. The SMILES string of the molecule is CC(C)C(O)(CN1CCN(CC(O)(C(C)C)C(C)F)CCN(CC(O)(C(C)C)C(C)F)CC1)C(C)F. The summed E-state index contributed by atoms with van der Waals surface area (Å²) >= 11 is 0. The van der Waals surface area contributed by atoms with Crippen LogP contribution in [0.25, 0.3) is 0 Å². The van der Waals surface area contributed by atoms with Crippen LogP contribution in [0, 0.1) is 17.8 Å². The van der Waals surface area contributed by atoms with Crippen molar-refractivity contribution in [1.82, 2.24) is 14.7 Å². The molecule has 1 fully saturated rings. The quantitative estimate of drug-likeness (QED) is 0.364. The first kappa shape index (κ1) is 33.6. The average Bonchev–Trinajstić information content (AvgIpc) is 2.84. The fourth-order valence-corrected chi connectivity index (χ4v) is 5.04. The maximum Gasteiger partial charge on any atom is 0.127 e. The Morgan fingerprint density at radius 3 is 0.750 bits per heavy atom. The smallest absolute Gasteiger partial charge is 0.127 e. The Labute approximate surface area is 217 Å². The van der Waals surface area contributed by atoms with Crippen LogP contribution >= 0.6 is 0 Å². The summed E-state index contributed by atoms with van der Waals surface area (Å²) < 4.78 is 43.6. The summed E-state index contributed by atoms with van der Waals surface area (Å²) in [6.45, 7) is 18.2. The molecular weight excluding hydrogens is 471 g/mol. The number of hydrogen-bond acceptors (Lipinski definition) is 6. The summed E-state index contributed by atoms with van der Waals surface area (Å²) in [5, 5.41) is 33.4. The van der Waals surface area contributed by atoms with Crippen LogP contribution in [0.5, 0.6) is 0 Å². The molecule has 1 aliphatic heterocycles. The molecule has 6 nitrogen and oxygen atoms in total. The Morgan fingerprint density at radius 2 is 0.639 bits per heavy atom. The standard InChI is InChI=1S/C27H54F3N3O3/c1-19(2)25(34,22(7)28)16-31-10-12-32(17-26(35,20(3)4)23(8)29)14-15-33(13-11-31)18-27(36,21(5)6)24(9)30/h19-24,34-36H,10-18H2,1-9H3. The third-order valence-corrected chi connectivity index (χ3v) is 8.69. The first-order valence-electron chi connectivity index (χ1n) is 13.7. The van der Waals surface area contributed by atoms with Crippen molar-refractivity contribution in [3.8, 4) is 0 Å². The molecule has 0 bridgehead atoms. The number of aliphatic hydroxyl groups is 3. The summed E-state index contributed by atoms with van der Waals surface area (Å²) in [5.41, 5.74) is -4.62. The van der Waals surface area contributed by atoms with E-state index in [0.29, 0.717) is 39.3 Å². The first-order chi connectivity index (χ1) is 16.4. The minimum absolute atomic E-state index is 0.117. The van der Waals surface area contributed by atoms with Gasteiger partial charge >= 0.3 is 0 Å². The van der Waals surface area contributed by atoms with Gasteiger partial charge in [0.1, 0.15) is 35.3 Å². The van der Waals surface area contributed by atoms with Crippen molar-refractivity contribution in [3.05, 3.63) is 0 Å². The zero-order valence-electron chi connectivity index (χ0n) is 24.1. The van der Waals surface area contributed by atoms with Gasteiger partial charge in [0.25, 0.3) is 0 Å². The summed E-state index contributed by atoms with van der Waals surface area (Å²) in [4.78, 5) is 5.96. The molecule has 36 heavy (non-hydrogen) atoms. The summed E-state index contributed by atoms with van der Waals surface area (Å²) in [5.74, 6) is -0.933. The highest BCUT2D eigenvalue weighted by atomic mass is 19.1. The summed E-state index contributed by atoms with van der Waals surface area (Å²) in [6, 6.07) is 0. The highest BCUT2D eigenvalue weighted by molar-refractivity contribution is 4.95. The average molecular weight is 526 g/mol. The Bertz CT molecular complexity index is 525. The number of alkyl halides is 3. The van der Waals surface area contributed by atoms with Crippen LogP contribution in [-0.2, 0) is 0 Å². The number of hydrogen-bond donors (Lipinski definition) is 3. The molecule has 6 unspecified atom stereocenters. The van der Waals surface area contributed by atoms with E-state index in [1.165, 1.54) is 20.8 Å². The normalized spacial score (nSPS) is 25.5. The van der Waals surface area contributed by atoms with Crippen LogP contribution < -0.4 is 0 Å². The predicted molar refractivity (Wildman–Crippen MR) is 140 cm³/mol. The van der Waals surface area contributed by atoms with E-state index in [1.54, 1.807) is 41.5 Å². The van der Waals surface area contributed by atoms with E-state index < -0.39 is 35.3 Å². The number of rotatable bonds is 12. The first-order valence-corrected chi connectivity index (χ1v) is 13.7. The van der Waals surface area contributed by atoms with Gasteiger partial charge in [0.05, 0.1) is 0 Å². The van der Waals surface area contributed by atoms with E-state index >= 15 is 0 Å². The molecule has 9 heteroatoms. The molecule has 0 aromatic heterocycles. The van der Waals surface area contributed by atoms with E-state index in [-0.39, 0.29) is 37.4 Å². The van der Waals surface area contributed by atoms with Crippen molar-refractivity contribution in [1.29, 1.82) is 0 Å². The highest BCUT2D eigenvalue weighted by Crippen LogP contribution is 2.28. The van der Waals surface area contributed by atoms with E-state index in [0.717, 1.165) is 0 Å². The number of nitrogens with zero attached hydrogens (tertiary/aromatic N) is 3. The van der Waals surface area contributed by atoms with Gasteiger partial charge in [0, 0.05) is 58.9 Å². The van der Waals surface area contributed by atoms with Gasteiger partial charge in [-0.15, -0.1) is 0 Å². The highest BCUT2D eigenvalue weighted by Gasteiger charge is 2.43. The lowest BCUT2D eigenvalue weighted by molar-refractivity contribution is -0.0929. The molecule has 0 amide bonds. The van der Waals surface area contributed by atoms with Crippen LogP contribution in [0.15, 0.2) is 0 Å². The second-order valence-corrected chi connectivity index (χ2v) is 12.1. The Balaban J connectivity index is 3.26. The molecule has 6 atom stereocenters. The zero-order chi connectivity index (χ0) is 28.1. The summed E-state index contributed by atoms with van der Waals surface area (Å²) in [7, 11) is 0. The lowest BCUT2D eigenvalue weighted by Gasteiger charge is -2.40. The van der Waals surface area contributed by atoms with Crippen molar-refractivity contribution in [3.63, 3.8) is 0 Å². The van der Waals surface area contributed by atoms with Gasteiger partial charge in [0.2, 0.25) is 0 Å². The van der Waals surface area contributed by atoms with Gasteiger partial charge in [-0.1, -0.05) is 41.5 Å². The van der Waals surface area contributed by atoms with Crippen LogP contribution in [-0.4, -0.2) is 124 Å². The molecule has 3 N–H and O–H groups in total. The van der Waals surface area contributed by atoms with Crippen LogP contribution in [0.4, 0.5) is 13.2 Å². The van der Waals surface area contributed by atoms with Crippen LogP contribution in [0.1, 0.15) is 62.3 Å².